The number of benzene rings is 8. The summed E-state index contributed by atoms with van der Waals surface area (Å²) in [5, 5.41) is 0. The van der Waals surface area contributed by atoms with Gasteiger partial charge in [0.25, 0.3) is 0 Å². The first-order chi connectivity index (χ1) is 48.2. The van der Waals surface area contributed by atoms with E-state index in [-0.39, 0.29) is 0 Å². The third-order valence-electron chi connectivity index (χ3n) is 18.2. The first-order valence-corrected chi connectivity index (χ1v) is 36.8. The van der Waals surface area contributed by atoms with Crippen molar-refractivity contribution >= 4 is 0 Å². The van der Waals surface area contributed by atoms with Gasteiger partial charge in [0.15, 0.2) is 0 Å². The zero-order valence-electron chi connectivity index (χ0n) is 59.9. The van der Waals surface area contributed by atoms with Crippen LogP contribution in [-0.2, 0) is 51.4 Å². The van der Waals surface area contributed by atoms with Gasteiger partial charge in [-0.25, -0.2) is 0 Å². The predicted octanol–water partition coefficient (Wildman–Crippen LogP) is 26.1. The van der Waals surface area contributed by atoms with Crippen LogP contribution in [0.4, 0.5) is 0 Å². The number of unbranched alkanes of at least 4 members (excludes halogenated alkanes) is 3. The summed E-state index contributed by atoms with van der Waals surface area (Å²) in [4.78, 5) is 18.3. The van der Waals surface area contributed by atoms with Gasteiger partial charge in [-0.3, -0.25) is 19.9 Å². The number of hydrogen-bond donors (Lipinski definition) is 0. The normalized spacial score (nSPS) is 10.8. The molecular formula is C94H104N4. The van der Waals surface area contributed by atoms with Crippen molar-refractivity contribution in [1.29, 1.82) is 0 Å². The van der Waals surface area contributed by atoms with Crippen LogP contribution in [-0.4, -0.2) is 19.9 Å². The summed E-state index contributed by atoms with van der Waals surface area (Å²) in [5.41, 5.74) is 30.1. The van der Waals surface area contributed by atoms with Crippen molar-refractivity contribution in [3.05, 3.63) is 312 Å². The highest BCUT2D eigenvalue weighted by atomic mass is 14.7. The molecule has 0 unspecified atom stereocenters. The van der Waals surface area contributed by atoms with E-state index in [0.29, 0.717) is 0 Å². The van der Waals surface area contributed by atoms with Crippen molar-refractivity contribution in [1.82, 2.24) is 19.9 Å². The monoisotopic (exact) mass is 1290 g/mol. The molecule has 0 spiro atoms. The third kappa shape index (κ3) is 22.2. The average Bonchev–Trinajstić information content (AvgIpc) is 0.969. The lowest BCUT2D eigenvalue weighted by Crippen LogP contribution is -1.90. The fourth-order valence-electron chi connectivity index (χ4n) is 12.2. The van der Waals surface area contributed by atoms with E-state index in [4.69, 9.17) is 0 Å². The Morgan fingerprint density at radius 2 is 0.357 bits per heavy atom. The number of aromatic nitrogens is 4. The second kappa shape index (κ2) is 39.5. The average molecular weight is 1290 g/mol. The summed E-state index contributed by atoms with van der Waals surface area (Å²) >= 11 is 0. The Kier molecular flexibility index (Phi) is 29.3. The van der Waals surface area contributed by atoms with E-state index in [9.17, 15) is 0 Å². The van der Waals surface area contributed by atoms with Gasteiger partial charge in [0.05, 0.1) is 0 Å². The summed E-state index contributed by atoms with van der Waals surface area (Å²) in [6, 6.07) is 88.1. The number of hydrogen-bond acceptors (Lipinski definition) is 4. The summed E-state index contributed by atoms with van der Waals surface area (Å²) in [6.45, 7) is 17.6. The number of aryl methyl sites for hydroxylation is 8. The Labute approximate surface area is 588 Å². The zero-order valence-corrected chi connectivity index (χ0v) is 59.9. The summed E-state index contributed by atoms with van der Waals surface area (Å²) in [6.07, 6.45) is 28.9. The Morgan fingerprint density at radius 3 is 0.561 bits per heavy atom. The van der Waals surface area contributed by atoms with Gasteiger partial charge in [-0.05, 0) is 177 Å². The van der Waals surface area contributed by atoms with Crippen molar-refractivity contribution in [3.8, 4) is 89.0 Å². The van der Waals surface area contributed by atoms with Gasteiger partial charge in [0.2, 0.25) is 0 Å². The highest BCUT2D eigenvalue weighted by Gasteiger charge is 2.08. The maximum Gasteiger partial charge on any atom is 0.0404 e. The lowest BCUT2D eigenvalue weighted by molar-refractivity contribution is 0.707. The highest BCUT2D eigenvalue weighted by Crippen LogP contribution is 2.31. The molecule has 0 aliphatic heterocycles. The minimum atomic E-state index is 0.979. The Hall–Kier alpha value is -9.64. The van der Waals surface area contributed by atoms with Crippen LogP contribution < -0.4 is 0 Å². The predicted molar refractivity (Wildman–Crippen MR) is 422 cm³/mol. The zero-order chi connectivity index (χ0) is 68.5. The molecular weight excluding hydrogens is 1190 g/mol. The van der Waals surface area contributed by atoms with Crippen molar-refractivity contribution in [2.45, 2.75) is 171 Å². The molecule has 4 heteroatoms. The molecule has 12 aromatic rings. The second-order valence-corrected chi connectivity index (χ2v) is 25.9. The van der Waals surface area contributed by atoms with Gasteiger partial charge in [0.1, 0.15) is 0 Å². The maximum absolute atomic E-state index is 4.63. The van der Waals surface area contributed by atoms with Crippen LogP contribution in [0, 0.1) is 0 Å². The Morgan fingerprint density at radius 1 is 0.163 bits per heavy atom. The molecule has 8 aromatic carbocycles. The molecule has 0 atom stereocenters. The van der Waals surface area contributed by atoms with Gasteiger partial charge >= 0.3 is 0 Å². The van der Waals surface area contributed by atoms with Crippen LogP contribution in [0.25, 0.3) is 89.0 Å². The van der Waals surface area contributed by atoms with Crippen LogP contribution >= 0.6 is 0 Å². The van der Waals surface area contributed by atoms with Crippen molar-refractivity contribution in [3.63, 3.8) is 0 Å². The lowest BCUT2D eigenvalue weighted by atomic mass is 9.99. The van der Waals surface area contributed by atoms with Gasteiger partial charge in [-0.15, -0.1) is 0 Å². The topological polar surface area (TPSA) is 51.6 Å². The molecule has 0 fully saturated rings. The van der Waals surface area contributed by atoms with Gasteiger partial charge in [0, 0.05) is 69.8 Å². The van der Waals surface area contributed by atoms with Gasteiger partial charge in [-0.1, -0.05) is 325 Å². The number of nitrogens with zero attached hydrogens (tertiary/aromatic N) is 4. The van der Waals surface area contributed by atoms with Crippen LogP contribution in [0.3, 0.4) is 0 Å². The molecule has 500 valence electrons. The lowest BCUT2D eigenvalue weighted by Gasteiger charge is -2.07. The maximum atomic E-state index is 4.63. The molecule has 0 radical (unpaired) electrons. The first-order valence-electron chi connectivity index (χ1n) is 36.8. The summed E-state index contributed by atoms with van der Waals surface area (Å²) in [5.74, 6) is 0. The van der Waals surface area contributed by atoms with Crippen LogP contribution in [0.1, 0.15) is 165 Å². The van der Waals surface area contributed by atoms with Crippen molar-refractivity contribution in [2.75, 3.05) is 0 Å². The van der Waals surface area contributed by atoms with E-state index in [1.54, 1.807) is 0 Å². The molecule has 4 aromatic heterocycles. The molecule has 0 bridgehead atoms. The van der Waals surface area contributed by atoms with E-state index in [1.807, 2.05) is 24.8 Å². The van der Waals surface area contributed by atoms with Crippen LogP contribution in [0.2, 0.25) is 0 Å². The molecule has 0 N–H and O–H groups in total. The first kappa shape index (κ1) is 72.6. The molecule has 0 saturated heterocycles. The standard InChI is InChI=1S/C25H29N.C24H27N.C23H25N.C22H23N/c1-3-5-6-8-25-18-17-24(19-26-25)23-15-13-22(14-16-23)21-11-9-20(7-4-2)10-12-21;1-3-5-7-24-17-16-23(18-25-24)22-14-12-21(13-15-22)20-10-8-19(6-4-2)9-11-20;1-3-5-18-7-9-19(10-8-18)20-11-13-21(14-12-20)22-15-16-23(6-4-2)24-17-22;1-3-5-17-6-8-18(9-7-17)19-10-12-20(13-11-19)21-14-15-22(4-2)23-16-21/h9-19H,3-8H2,1-2H3;8-18H,3-7H2,1-2H3;7-17H,3-6H2,1-2H3;6-16H,3-5H2,1-2H3. The number of rotatable bonds is 26. The minimum absolute atomic E-state index is 0.979. The van der Waals surface area contributed by atoms with Crippen LogP contribution in [0.5, 0.6) is 0 Å². The highest BCUT2D eigenvalue weighted by molar-refractivity contribution is 5.74. The summed E-state index contributed by atoms with van der Waals surface area (Å²) in [7, 11) is 0. The fraction of sp³-hybridized carbons (Fsp3) is 0.277. The summed E-state index contributed by atoms with van der Waals surface area (Å²) < 4.78 is 0. The third-order valence-corrected chi connectivity index (χ3v) is 18.2. The second-order valence-electron chi connectivity index (χ2n) is 25.9. The molecule has 0 saturated carbocycles. The van der Waals surface area contributed by atoms with E-state index < -0.39 is 0 Å². The Balaban J connectivity index is 0.000000153. The number of pyridine rings is 4. The van der Waals surface area contributed by atoms with E-state index in [1.165, 1.54) is 186 Å². The smallest absolute Gasteiger partial charge is 0.0404 e. The molecule has 98 heavy (non-hydrogen) atoms. The largest absolute Gasteiger partial charge is 0.261 e. The molecule has 4 heterocycles. The minimum Gasteiger partial charge on any atom is -0.261 e. The van der Waals surface area contributed by atoms with E-state index in [0.717, 1.165) is 63.5 Å². The van der Waals surface area contributed by atoms with E-state index in [2.05, 4.69) is 318 Å². The molecule has 4 nitrogen and oxygen atoms in total. The van der Waals surface area contributed by atoms with Crippen LogP contribution in [0.15, 0.2) is 267 Å². The molecule has 0 aliphatic carbocycles. The van der Waals surface area contributed by atoms with Crippen molar-refractivity contribution in [2.24, 2.45) is 0 Å². The molecule has 0 amide bonds. The Bertz CT molecular complexity index is 4090. The SMILES string of the molecule is CCCCCc1ccc(-c2ccc(-c3ccc(CCC)cc3)cc2)cn1.CCCCc1ccc(-c2ccc(-c3ccc(CCC)cc3)cc2)cn1.CCCc1ccc(-c2ccc(-c3ccc(CC)nc3)cc2)cc1.CCCc1ccc(-c2ccc(-c3ccc(CCC)nc3)cc2)cc1. The quantitative estimate of drug-likeness (QED) is 0.0507. The fourth-order valence-corrected chi connectivity index (χ4v) is 12.2. The van der Waals surface area contributed by atoms with E-state index >= 15 is 0 Å². The van der Waals surface area contributed by atoms with Crippen molar-refractivity contribution < 1.29 is 0 Å². The molecule has 0 aliphatic rings. The van der Waals surface area contributed by atoms with Gasteiger partial charge in [-0.2, -0.15) is 0 Å². The molecule has 12 rings (SSSR count). The van der Waals surface area contributed by atoms with Gasteiger partial charge < -0.3 is 0 Å².